The second kappa shape index (κ2) is 8.33. The number of hydrogen-bond donors (Lipinski definition) is 0. The maximum atomic E-state index is 12.2. The van der Waals surface area contributed by atoms with Crippen LogP contribution in [0.1, 0.15) is 40.9 Å². The van der Waals surface area contributed by atoms with Crippen LogP contribution in [0.2, 0.25) is 0 Å². The Kier molecular flexibility index (Phi) is 6.44. The first-order chi connectivity index (χ1) is 10.6. The Morgan fingerprint density at radius 3 is 2.95 bits per heavy atom. The molecular weight excluding hydrogens is 298 g/mol. The van der Waals surface area contributed by atoms with Gasteiger partial charge >= 0.3 is 5.97 Å². The predicted octanol–water partition coefficient (Wildman–Crippen LogP) is 2.71. The van der Waals surface area contributed by atoms with Crippen molar-refractivity contribution in [2.24, 2.45) is 0 Å². The van der Waals surface area contributed by atoms with Gasteiger partial charge in [-0.15, -0.1) is 11.3 Å². The van der Waals surface area contributed by atoms with Crippen molar-refractivity contribution in [3.05, 3.63) is 21.4 Å². The molecular formula is C17H23NO3S. The number of thiophene rings is 1. The summed E-state index contributed by atoms with van der Waals surface area (Å²) in [7, 11) is 0. The van der Waals surface area contributed by atoms with E-state index in [9.17, 15) is 4.79 Å². The van der Waals surface area contributed by atoms with Gasteiger partial charge in [0.25, 0.3) is 0 Å². The SMILES string of the molecule is CCN(CC)CC#C[C@H](C)OC(=O)c1cc2c(s1)CCOC2. The van der Waals surface area contributed by atoms with Crippen LogP contribution in [0, 0.1) is 11.8 Å². The predicted molar refractivity (Wildman–Crippen MR) is 88.1 cm³/mol. The van der Waals surface area contributed by atoms with Crippen molar-refractivity contribution >= 4 is 17.3 Å². The lowest BCUT2D eigenvalue weighted by atomic mass is 10.2. The van der Waals surface area contributed by atoms with Gasteiger partial charge in [-0.25, -0.2) is 4.79 Å². The molecule has 2 heterocycles. The molecule has 22 heavy (non-hydrogen) atoms. The summed E-state index contributed by atoms with van der Waals surface area (Å²) in [4.78, 5) is 16.2. The summed E-state index contributed by atoms with van der Waals surface area (Å²) in [6.45, 7) is 10.0. The number of rotatable bonds is 5. The number of esters is 1. The zero-order valence-corrected chi connectivity index (χ0v) is 14.3. The highest BCUT2D eigenvalue weighted by Gasteiger charge is 2.19. The highest BCUT2D eigenvalue weighted by atomic mass is 32.1. The van der Waals surface area contributed by atoms with Crippen LogP contribution in [0.25, 0.3) is 0 Å². The average molecular weight is 321 g/mol. The normalized spacial score (nSPS) is 14.9. The largest absolute Gasteiger partial charge is 0.445 e. The number of carbonyl (C=O) groups excluding carboxylic acids is 1. The number of carbonyl (C=O) groups is 1. The van der Waals surface area contributed by atoms with E-state index in [2.05, 4.69) is 30.6 Å². The Balaban J connectivity index is 1.88. The quantitative estimate of drug-likeness (QED) is 0.617. The third-order valence-corrected chi connectivity index (χ3v) is 4.83. The van der Waals surface area contributed by atoms with Gasteiger partial charge in [0, 0.05) is 11.3 Å². The third-order valence-electron chi connectivity index (χ3n) is 3.62. The highest BCUT2D eigenvalue weighted by Crippen LogP contribution is 2.27. The minimum Gasteiger partial charge on any atom is -0.445 e. The van der Waals surface area contributed by atoms with Crippen LogP contribution >= 0.6 is 11.3 Å². The van der Waals surface area contributed by atoms with Crippen LogP contribution in [0.15, 0.2) is 6.07 Å². The van der Waals surface area contributed by atoms with E-state index >= 15 is 0 Å². The van der Waals surface area contributed by atoms with Crippen molar-refractivity contribution in [3.8, 4) is 11.8 Å². The molecule has 0 spiro atoms. The number of hydrogen-bond acceptors (Lipinski definition) is 5. The average Bonchev–Trinajstić information content (AvgIpc) is 2.95. The second-order valence-electron chi connectivity index (χ2n) is 5.19. The van der Waals surface area contributed by atoms with E-state index in [-0.39, 0.29) is 5.97 Å². The van der Waals surface area contributed by atoms with Crippen molar-refractivity contribution in [3.63, 3.8) is 0 Å². The summed E-state index contributed by atoms with van der Waals surface area (Å²) in [6, 6.07) is 1.89. The fourth-order valence-electron chi connectivity index (χ4n) is 2.24. The van der Waals surface area contributed by atoms with Gasteiger partial charge in [-0.2, -0.15) is 0 Å². The van der Waals surface area contributed by atoms with Crippen molar-refractivity contribution in [2.45, 2.75) is 39.9 Å². The van der Waals surface area contributed by atoms with E-state index in [1.807, 2.05) is 13.0 Å². The van der Waals surface area contributed by atoms with Gasteiger partial charge < -0.3 is 9.47 Å². The molecule has 0 saturated carbocycles. The first-order valence-corrected chi connectivity index (χ1v) is 8.56. The fourth-order valence-corrected chi connectivity index (χ4v) is 3.28. The molecule has 5 heteroatoms. The Bertz CT molecular complexity index is 543. The van der Waals surface area contributed by atoms with Crippen LogP contribution in [0.4, 0.5) is 0 Å². The lowest BCUT2D eigenvalue weighted by Gasteiger charge is -2.13. The van der Waals surface area contributed by atoms with Crippen LogP contribution in [-0.4, -0.2) is 43.2 Å². The monoisotopic (exact) mass is 321 g/mol. The Morgan fingerprint density at radius 2 is 2.27 bits per heavy atom. The maximum absolute atomic E-state index is 12.2. The van der Waals surface area contributed by atoms with Gasteiger partial charge in [0.1, 0.15) is 4.88 Å². The second-order valence-corrected chi connectivity index (χ2v) is 6.33. The molecule has 0 radical (unpaired) electrons. The lowest BCUT2D eigenvalue weighted by molar-refractivity contribution is 0.0444. The van der Waals surface area contributed by atoms with Crippen LogP contribution in [0.5, 0.6) is 0 Å². The molecule has 1 atom stereocenters. The minimum absolute atomic E-state index is 0.288. The molecule has 0 bridgehead atoms. The summed E-state index contributed by atoms with van der Waals surface area (Å²) in [5.41, 5.74) is 1.11. The van der Waals surface area contributed by atoms with Crippen molar-refractivity contribution < 1.29 is 14.3 Å². The Hall–Kier alpha value is -1.35. The molecule has 0 aromatic carbocycles. The lowest BCUT2D eigenvalue weighted by Crippen LogP contribution is -2.23. The van der Waals surface area contributed by atoms with Crippen molar-refractivity contribution in [2.75, 3.05) is 26.2 Å². The summed E-state index contributed by atoms with van der Waals surface area (Å²) >= 11 is 1.51. The zero-order chi connectivity index (χ0) is 15.9. The van der Waals surface area contributed by atoms with E-state index in [4.69, 9.17) is 9.47 Å². The number of ether oxygens (including phenoxy) is 2. The highest BCUT2D eigenvalue weighted by molar-refractivity contribution is 7.14. The molecule has 0 aliphatic carbocycles. The van der Waals surface area contributed by atoms with Crippen molar-refractivity contribution in [1.82, 2.24) is 4.90 Å². The molecule has 0 unspecified atom stereocenters. The van der Waals surface area contributed by atoms with E-state index in [0.29, 0.717) is 18.0 Å². The molecule has 0 amide bonds. The Labute approximate surface area is 136 Å². The van der Waals surface area contributed by atoms with Crippen LogP contribution < -0.4 is 0 Å². The Morgan fingerprint density at radius 1 is 1.50 bits per heavy atom. The number of nitrogens with zero attached hydrogens (tertiary/aromatic N) is 1. The topological polar surface area (TPSA) is 38.8 Å². The van der Waals surface area contributed by atoms with Gasteiger partial charge in [-0.05, 0) is 31.6 Å². The molecule has 0 saturated heterocycles. The van der Waals surface area contributed by atoms with E-state index in [0.717, 1.165) is 31.7 Å². The first kappa shape index (κ1) is 17.0. The van der Waals surface area contributed by atoms with Gasteiger partial charge in [0.05, 0.1) is 19.8 Å². The van der Waals surface area contributed by atoms with Crippen LogP contribution in [-0.2, 0) is 22.5 Å². The zero-order valence-electron chi connectivity index (χ0n) is 13.5. The maximum Gasteiger partial charge on any atom is 0.349 e. The van der Waals surface area contributed by atoms with E-state index in [1.165, 1.54) is 16.2 Å². The van der Waals surface area contributed by atoms with Crippen molar-refractivity contribution in [1.29, 1.82) is 0 Å². The fraction of sp³-hybridized carbons (Fsp3) is 0.588. The molecule has 1 aromatic rings. The summed E-state index contributed by atoms with van der Waals surface area (Å²) in [5, 5.41) is 0. The molecule has 0 N–H and O–H groups in total. The minimum atomic E-state index is -0.390. The molecule has 0 fully saturated rings. The van der Waals surface area contributed by atoms with Gasteiger partial charge in [0.15, 0.2) is 6.10 Å². The molecule has 120 valence electrons. The van der Waals surface area contributed by atoms with Gasteiger partial charge in [-0.1, -0.05) is 25.7 Å². The molecule has 1 aromatic heterocycles. The molecule has 4 nitrogen and oxygen atoms in total. The summed E-state index contributed by atoms with van der Waals surface area (Å²) < 4.78 is 10.8. The first-order valence-electron chi connectivity index (χ1n) is 7.75. The standard InChI is InChI=1S/C17H23NO3S/c1-4-18(5-2)9-6-7-13(3)21-17(19)16-11-14-12-20-10-8-15(14)22-16/h11,13H,4-5,8-10,12H2,1-3H3/t13-/m0/s1. The van der Waals surface area contributed by atoms with Gasteiger partial charge in [0.2, 0.25) is 0 Å². The smallest absolute Gasteiger partial charge is 0.349 e. The molecule has 2 rings (SSSR count). The molecule has 1 aliphatic rings. The van der Waals surface area contributed by atoms with Crippen LogP contribution in [0.3, 0.4) is 0 Å². The number of fused-ring (bicyclic) bond motifs is 1. The summed E-state index contributed by atoms with van der Waals surface area (Å²) in [6.07, 6.45) is 0.491. The van der Waals surface area contributed by atoms with E-state index < -0.39 is 6.10 Å². The van der Waals surface area contributed by atoms with E-state index in [1.54, 1.807) is 0 Å². The molecule has 1 aliphatic heterocycles. The third kappa shape index (κ3) is 4.57. The van der Waals surface area contributed by atoms with Gasteiger partial charge in [-0.3, -0.25) is 4.90 Å². The summed E-state index contributed by atoms with van der Waals surface area (Å²) in [5.74, 6) is 5.78.